The monoisotopic (exact) mass is 422 g/mol. The minimum absolute atomic E-state index is 0.0169. The number of fused-ring (bicyclic) bond motifs is 1. The third-order valence-corrected chi connectivity index (χ3v) is 5.36. The number of para-hydroxylation sites is 1. The fourth-order valence-corrected chi connectivity index (χ4v) is 3.65. The molecule has 0 saturated heterocycles. The largest absolute Gasteiger partial charge is 0.493 e. The summed E-state index contributed by atoms with van der Waals surface area (Å²) in [4.78, 5) is 20.2. The smallest absolute Gasteiger partial charge is 0.254 e. The number of carbonyl (C=O) groups is 1. The van der Waals surface area contributed by atoms with Crippen molar-refractivity contribution < 1.29 is 19.0 Å². The molecule has 2 aromatic carbocycles. The Balaban J connectivity index is 2.19. The number of unbranched alkanes of at least 4 members (excludes halogenated alkanes) is 1. The molecule has 1 amide bonds. The highest BCUT2D eigenvalue weighted by Gasteiger charge is 2.20. The molecule has 0 fully saturated rings. The van der Waals surface area contributed by atoms with E-state index in [0.717, 1.165) is 35.9 Å². The van der Waals surface area contributed by atoms with Crippen LogP contribution in [0.1, 0.15) is 37.0 Å². The van der Waals surface area contributed by atoms with Crippen LogP contribution in [0.25, 0.3) is 22.2 Å². The second-order valence-electron chi connectivity index (χ2n) is 7.22. The number of rotatable bonds is 9. The Hall–Kier alpha value is -3.28. The summed E-state index contributed by atoms with van der Waals surface area (Å²) in [6, 6.07) is 13.3. The maximum Gasteiger partial charge on any atom is 0.254 e. The lowest BCUT2D eigenvalue weighted by molar-refractivity contribution is 0.0764. The van der Waals surface area contributed by atoms with Gasteiger partial charge in [-0.25, -0.2) is 4.98 Å². The van der Waals surface area contributed by atoms with Crippen LogP contribution in [-0.4, -0.2) is 50.2 Å². The molecule has 0 saturated carbocycles. The minimum Gasteiger partial charge on any atom is -0.493 e. The summed E-state index contributed by atoms with van der Waals surface area (Å²) in [7, 11) is 4.73. The highest BCUT2D eigenvalue weighted by atomic mass is 16.5. The van der Waals surface area contributed by atoms with E-state index in [1.807, 2.05) is 54.3 Å². The molecule has 164 valence electrons. The average Bonchev–Trinajstić information content (AvgIpc) is 2.82. The van der Waals surface area contributed by atoms with E-state index in [1.54, 1.807) is 21.3 Å². The molecule has 0 aliphatic carbocycles. The Morgan fingerprint density at radius 2 is 1.65 bits per heavy atom. The Kier molecular flexibility index (Phi) is 7.34. The quantitative estimate of drug-likeness (QED) is 0.475. The molecule has 0 aliphatic heterocycles. The molecule has 31 heavy (non-hydrogen) atoms. The van der Waals surface area contributed by atoms with Crippen LogP contribution in [0.3, 0.4) is 0 Å². The molecular formula is C25H30N2O4. The molecule has 0 bridgehead atoms. The topological polar surface area (TPSA) is 60.9 Å². The SMILES string of the molecule is CCCCN(CC)C(=O)c1cc(-c2cc(OC)c(OC)c(OC)c2)nc2ccccc12. The van der Waals surface area contributed by atoms with Crippen LogP contribution in [0.15, 0.2) is 42.5 Å². The minimum atomic E-state index is 0.0169. The van der Waals surface area contributed by atoms with Crippen LogP contribution in [0.4, 0.5) is 0 Å². The molecular weight excluding hydrogens is 392 g/mol. The lowest BCUT2D eigenvalue weighted by Gasteiger charge is -2.22. The van der Waals surface area contributed by atoms with Crippen molar-refractivity contribution in [3.63, 3.8) is 0 Å². The van der Waals surface area contributed by atoms with Gasteiger partial charge in [-0.2, -0.15) is 0 Å². The Bertz CT molecular complexity index is 1040. The Morgan fingerprint density at radius 3 is 2.23 bits per heavy atom. The number of hydrogen-bond donors (Lipinski definition) is 0. The second kappa shape index (κ2) is 10.2. The van der Waals surface area contributed by atoms with Crippen LogP contribution < -0.4 is 14.2 Å². The molecule has 0 N–H and O–H groups in total. The lowest BCUT2D eigenvalue weighted by atomic mass is 10.0. The fourth-order valence-electron chi connectivity index (χ4n) is 3.65. The van der Waals surface area contributed by atoms with Crippen molar-refractivity contribution >= 4 is 16.8 Å². The van der Waals surface area contributed by atoms with Gasteiger partial charge in [0.15, 0.2) is 11.5 Å². The van der Waals surface area contributed by atoms with Gasteiger partial charge in [0.2, 0.25) is 5.75 Å². The van der Waals surface area contributed by atoms with Gasteiger partial charge in [0.05, 0.1) is 38.1 Å². The Labute approximate surface area is 183 Å². The van der Waals surface area contributed by atoms with Crippen LogP contribution in [0.5, 0.6) is 17.2 Å². The average molecular weight is 423 g/mol. The first-order valence-corrected chi connectivity index (χ1v) is 10.6. The number of amides is 1. The van der Waals surface area contributed by atoms with Gasteiger partial charge in [0.1, 0.15) is 0 Å². The molecule has 0 aliphatic rings. The van der Waals surface area contributed by atoms with E-state index in [1.165, 1.54) is 0 Å². The number of carbonyl (C=O) groups excluding carboxylic acids is 1. The van der Waals surface area contributed by atoms with Gasteiger partial charge < -0.3 is 19.1 Å². The van der Waals surface area contributed by atoms with Crippen molar-refractivity contribution in [1.29, 1.82) is 0 Å². The predicted octanol–water partition coefficient (Wildman–Crippen LogP) is 5.19. The van der Waals surface area contributed by atoms with Gasteiger partial charge >= 0.3 is 0 Å². The maximum atomic E-state index is 13.5. The van der Waals surface area contributed by atoms with E-state index in [-0.39, 0.29) is 5.91 Å². The standard InChI is InChI=1S/C25H30N2O4/c1-6-8-13-27(7-2)25(28)19-16-21(26-20-12-10-9-11-18(19)20)17-14-22(29-3)24(31-5)23(15-17)30-4/h9-12,14-16H,6-8,13H2,1-5H3. The maximum absolute atomic E-state index is 13.5. The van der Waals surface area contributed by atoms with Crippen molar-refractivity contribution in [2.24, 2.45) is 0 Å². The summed E-state index contributed by atoms with van der Waals surface area (Å²) < 4.78 is 16.4. The van der Waals surface area contributed by atoms with Crippen molar-refractivity contribution in [3.8, 4) is 28.5 Å². The van der Waals surface area contributed by atoms with Gasteiger partial charge in [-0.15, -0.1) is 0 Å². The first kappa shape index (κ1) is 22.4. The number of benzene rings is 2. The van der Waals surface area contributed by atoms with Gasteiger partial charge in [-0.3, -0.25) is 4.79 Å². The van der Waals surface area contributed by atoms with Crippen molar-refractivity contribution in [2.45, 2.75) is 26.7 Å². The molecule has 0 atom stereocenters. The van der Waals surface area contributed by atoms with Gasteiger partial charge in [0, 0.05) is 24.0 Å². The van der Waals surface area contributed by atoms with Crippen molar-refractivity contribution in [3.05, 3.63) is 48.0 Å². The first-order valence-electron chi connectivity index (χ1n) is 10.6. The van der Waals surface area contributed by atoms with E-state index in [0.29, 0.717) is 35.1 Å². The summed E-state index contributed by atoms with van der Waals surface area (Å²) in [5, 5.41) is 0.846. The van der Waals surface area contributed by atoms with Gasteiger partial charge in [0.25, 0.3) is 5.91 Å². The number of ether oxygens (including phenoxy) is 3. The third-order valence-electron chi connectivity index (χ3n) is 5.36. The van der Waals surface area contributed by atoms with Gasteiger partial charge in [-0.1, -0.05) is 31.5 Å². The van der Waals surface area contributed by atoms with Crippen LogP contribution in [0, 0.1) is 0 Å². The molecule has 6 nitrogen and oxygen atoms in total. The molecule has 0 unspecified atom stereocenters. The normalized spacial score (nSPS) is 10.7. The molecule has 1 heterocycles. The van der Waals surface area contributed by atoms with Crippen LogP contribution in [-0.2, 0) is 0 Å². The van der Waals surface area contributed by atoms with Crippen molar-refractivity contribution in [2.75, 3.05) is 34.4 Å². The van der Waals surface area contributed by atoms with E-state index in [2.05, 4.69) is 6.92 Å². The molecule has 3 aromatic rings. The molecule has 0 radical (unpaired) electrons. The third kappa shape index (κ3) is 4.58. The van der Waals surface area contributed by atoms with E-state index in [9.17, 15) is 4.79 Å². The zero-order valence-corrected chi connectivity index (χ0v) is 18.9. The zero-order valence-electron chi connectivity index (χ0n) is 18.9. The summed E-state index contributed by atoms with van der Waals surface area (Å²) in [5.74, 6) is 1.61. The highest BCUT2D eigenvalue weighted by Crippen LogP contribution is 2.41. The molecule has 1 aromatic heterocycles. The van der Waals surface area contributed by atoms with Gasteiger partial charge in [-0.05, 0) is 37.6 Å². The summed E-state index contributed by atoms with van der Waals surface area (Å²) >= 11 is 0. The van der Waals surface area contributed by atoms with Crippen LogP contribution in [0.2, 0.25) is 0 Å². The number of aromatic nitrogens is 1. The second-order valence-corrected chi connectivity index (χ2v) is 7.22. The van der Waals surface area contributed by atoms with E-state index in [4.69, 9.17) is 19.2 Å². The zero-order chi connectivity index (χ0) is 22.4. The number of methoxy groups -OCH3 is 3. The number of pyridine rings is 1. The van der Waals surface area contributed by atoms with Crippen LogP contribution >= 0.6 is 0 Å². The van der Waals surface area contributed by atoms with Crippen molar-refractivity contribution in [1.82, 2.24) is 9.88 Å². The number of nitrogens with zero attached hydrogens (tertiary/aromatic N) is 2. The lowest BCUT2D eigenvalue weighted by Crippen LogP contribution is -2.32. The predicted molar refractivity (Wildman–Crippen MR) is 123 cm³/mol. The van der Waals surface area contributed by atoms with E-state index < -0.39 is 0 Å². The molecule has 6 heteroatoms. The Morgan fingerprint density at radius 1 is 0.968 bits per heavy atom. The first-order chi connectivity index (χ1) is 15.1. The molecule has 0 spiro atoms. The fraction of sp³-hybridized carbons (Fsp3) is 0.360. The highest BCUT2D eigenvalue weighted by molar-refractivity contribution is 6.07. The van der Waals surface area contributed by atoms with E-state index >= 15 is 0 Å². The summed E-state index contributed by atoms with van der Waals surface area (Å²) in [5.41, 5.74) is 2.87. The molecule has 3 rings (SSSR count). The number of hydrogen-bond acceptors (Lipinski definition) is 5. The summed E-state index contributed by atoms with van der Waals surface area (Å²) in [6.07, 6.45) is 2.01. The summed E-state index contributed by atoms with van der Waals surface area (Å²) in [6.45, 7) is 5.54.